The van der Waals surface area contributed by atoms with Crippen LogP contribution in [0.4, 0.5) is 0 Å². The van der Waals surface area contributed by atoms with Crippen LogP contribution in [-0.4, -0.2) is 55.7 Å². The van der Waals surface area contributed by atoms with Crippen LogP contribution in [0.25, 0.3) is 0 Å². The van der Waals surface area contributed by atoms with E-state index in [1.807, 2.05) is 25.5 Å². The standard InChI is InChI=1S/C11H20N4/c1-4-14(2)9-10-15(3)11-12-7-5-6-8-13-11/h5,7-8H,4,6,9-10H2,1-3H3. The van der Waals surface area contributed by atoms with Gasteiger partial charge in [-0.1, -0.05) is 13.0 Å². The first-order valence-corrected chi connectivity index (χ1v) is 5.39. The lowest BCUT2D eigenvalue weighted by atomic mass is 10.4. The van der Waals surface area contributed by atoms with Gasteiger partial charge in [0.2, 0.25) is 5.96 Å². The van der Waals surface area contributed by atoms with Gasteiger partial charge in [-0.3, -0.25) is 0 Å². The third-order valence-electron chi connectivity index (χ3n) is 2.44. The van der Waals surface area contributed by atoms with Gasteiger partial charge in [0, 0.05) is 39.0 Å². The zero-order valence-corrected chi connectivity index (χ0v) is 9.85. The molecule has 0 fully saturated rings. The first-order valence-electron chi connectivity index (χ1n) is 5.39. The summed E-state index contributed by atoms with van der Waals surface area (Å²) in [6, 6.07) is 0. The van der Waals surface area contributed by atoms with E-state index >= 15 is 0 Å². The number of hydrogen-bond donors (Lipinski definition) is 0. The summed E-state index contributed by atoms with van der Waals surface area (Å²) in [5.74, 6) is 0.799. The molecule has 0 amide bonds. The predicted octanol–water partition coefficient (Wildman–Crippen LogP) is 1.21. The van der Waals surface area contributed by atoms with E-state index in [1.165, 1.54) is 0 Å². The SMILES string of the molecule is CCN(C)CCN(C)C1=NC=CCC=N1. The molecule has 0 radical (unpaired) electrons. The van der Waals surface area contributed by atoms with Gasteiger partial charge in [0.15, 0.2) is 0 Å². The van der Waals surface area contributed by atoms with E-state index in [-0.39, 0.29) is 0 Å². The van der Waals surface area contributed by atoms with E-state index in [1.54, 1.807) is 0 Å². The maximum Gasteiger partial charge on any atom is 0.224 e. The van der Waals surface area contributed by atoms with Crippen molar-refractivity contribution >= 4 is 12.2 Å². The molecule has 1 rings (SSSR count). The molecule has 84 valence electrons. The van der Waals surface area contributed by atoms with E-state index in [9.17, 15) is 0 Å². The molecule has 1 aliphatic rings. The van der Waals surface area contributed by atoms with Crippen LogP contribution in [0.15, 0.2) is 22.3 Å². The number of hydrogen-bond acceptors (Lipinski definition) is 4. The van der Waals surface area contributed by atoms with Crippen molar-refractivity contribution in [1.82, 2.24) is 9.80 Å². The molecule has 4 nitrogen and oxygen atoms in total. The molecule has 0 atom stereocenters. The monoisotopic (exact) mass is 208 g/mol. The van der Waals surface area contributed by atoms with E-state index < -0.39 is 0 Å². The Morgan fingerprint density at radius 3 is 2.87 bits per heavy atom. The van der Waals surface area contributed by atoms with Crippen LogP contribution >= 0.6 is 0 Å². The van der Waals surface area contributed by atoms with E-state index in [2.05, 4.69) is 33.8 Å². The predicted molar refractivity (Wildman–Crippen MR) is 65.5 cm³/mol. The lowest BCUT2D eigenvalue weighted by molar-refractivity contribution is 0.318. The Hall–Kier alpha value is -1.16. The molecular weight excluding hydrogens is 188 g/mol. The maximum absolute atomic E-state index is 4.30. The molecule has 0 N–H and O–H groups in total. The zero-order valence-electron chi connectivity index (χ0n) is 9.85. The fraction of sp³-hybridized carbons (Fsp3) is 0.636. The number of allylic oxidation sites excluding steroid dienone is 1. The molecule has 4 heteroatoms. The number of guanidine groups is 1. The lowest BCUT2D eigenvalue weighted by Crippen LogP contribution is -2.33. The molecule has 1 heterocycles. The van der Waals surface area contributed by atoms with Gasteiger partial charge in [0.05, 0.1) is 0 Å². The van der Waals surface area contributed by atoms with Gasteiger partial charge in [0.1, 0.15) is 0 Å². The van der Waals surface area contributed by atoms with Crippen LogP contribution in [0.3, 0.4) is 0 Å². The fourth-order valence-corrected chi connectivity index (χ4v) is 1.18. The largest absolute Gasteiger partial charge is 0.343 e. The van der Waals surface area contributed by atoms with Crippen molar-refractivity contribution in [2.45, 2.75) is 13.3 Å². The number of aliphatic imine (C=N–C) groups is 2. The average Bonchev–Trinajstić information content (AvgIpc) is 2.53. The first kappa shape index (κ1) is 11.9. The number of nitrogens with zero attached hydrogens (tertiary/aromatic N) is 4. The van der Waals surface area contributed by atoms with Crippen LogP contribution < -0.4 is 0 Å². The lowest BCUT2D eigenvalue weighted by Gasteiger charge is -2.21. The van der Waals surface area contributed by atoms with Crippen molar-refractivity contribution in [3.05, 3.63) is 12.3 Å². The Labute approximate surface area is 92.0 Å². The summed E-state index contributed by atoms with van der Waals surface area (Å²) in [7, 11) is 4.14. The highest BCUT2D eigenvalue weighted by Crippen LogP contribution is 1.97. The highest BCUT2D eigenvalue weighted by atomic mass is 15.3. The van der Waals surface area contributed by atoms with Gasteiger partial charge in [-0.2, -0.15) is 0 Å². The molecule has 0 spiro atoms. The molecule has 0 aromatic heterocycles. The van der Waals surface area contributed by atoms with Gasteiger partial charge in [-0.15, -0.1) is 0 Å². The van der Waals surface area contributed by atoms with Crippen molar-refractivity contribution in [3.63, 3.8) is 0 Å². The van der Waals surface area contributed by atoms with Crippen LogP contribution in [-0.2, 0) is 0 Å². The van der Waals surface area contributed by atoms with Gasteiger partial charge in [0.25, 0.3) is 0 Å². The summed E-state index contributed by atoms with van der Waals surface area (Å²) in [6.07, 6.45) is 6.59. The Morgan fingerprint density at radius 2 is 2.13 bits per heavy atom. The Morgan fingerprint density at radius 1 is 1.33 bits per heavy atom. The van der Waals surface area contributed by atoms with E-state index in [4.69, 9.17) is 0 Å². The average molecular weight is 208 g/mol. The van der Waals surface area contributed by atoms with Crippen molar-refractivity contribution in [3.8, 4) is 0 Å². The summed E-state index contributed by atoms with van der Waals surface area (Å²) < 4.78 is 0. The maximum atomic E-state index is 4.30. The third kappa shape index (κ3) is 4.25. The Bertz CT molecular complexity index is 268. The minimum atomic E-state index is 0.799. The molecule has 0 saturated carbocycles. The summed E-state index contributed by atoms with van der Waals surface area (Å²) >= 11 is 0. The summed E-state index contributed by atoms with van der Waals surface area (Å²) in [4.78, 5) is 12.9. The second-order valence-corrected chi connectivity index (χ2v) is 3.68. The van der Waals surface area contributed by atoms with Crippen LogP contribution in [0.1, 0.15) is 13.3 Å². The van der Waals surface area contributed by atoms with Crippen molar-refractivity contribution < 1.29 is 0 Å². The fourth-order valence-electron chi connectivity index (χ4n) is 1.18. The second kappa shape index (κ2) is 6.35. The van der Waals surface area contributed by atoms with Crippen LogP contribution in [0.5, 0.6) is 0 Å². The third-order valence-corrected chi connectivity index (χ3v) is 2.44. The highest BCUT2D eigenvalue weighted by Gasteiger charge is 2.05. The minimum Gasteiger partial charge on any atom is -0.343 e. The number of likely N-dealkylation sites (N-methyl/N-ethyl adjacent to an activating group) is 2. The Kier molecular flexibility index (Phi) is 5.04. The molecule has 0 bridgehead atoms. The zero-order chi connectivity index (χ0) is 11.1. The molecule has 0 saturated heterocycles. The molecule has 0 unspecified atom stereocenters. The molecule has 0 aromatic carbocycles. The summed E-state index contributed by atoms with van der Waals surface area (Å²) in [6.45, 7) is 5.22. The highest BCUT2D eigenvalue weighted by molar-refractivity contribution is 5.89. The summed E-state index contributed by atoms with van der Waals surface area (Å²) in [5.41, 5.74) is 0. The number of rotatable bonds is 4. The van der Waals surface area contributed by atoms with Crippen LogP contribution in [0, 0.1) is 0 Å². The van der Waals surface area contributed by atoms with Gasteiger partial charge in [-0.05, 0) is 13.6 Å². The molecular formula is C11H20N4. The van der Waals surface area contributed by atoms with Gasteiger partial charge >= 0.3 is 0 Å². The van der Waals surface area contributed by atoms with Crippen molar-refractivity contribution in [2.24, 2.45) is 9.98 Å². The molecule has 15 heavy (non-hydrogen) atoms. The normalized spacial score (nSPS) is 15.3. The topological polar surface area (TPSA) is 31.2 Å². The molecule has 1 aliphatic heterocycles. The molecule has 0 aromatic rings. The minimum absolute atomic E-state index is 0.799. The molecule has 0 aliphatic carbocycles. The van der Waals surface area contributed by atoms with E-state index in [0.29, 0.717) is 0 Å². The van der Waals surface area contributed by atoms with Gasteiger partial charge in [-0.25, -0.2) is 9.98 Å². The smallest absolute Gasteiger partial charge is 0.224 e. The van der Waals surface area contributed by atoms with E-state index in [0.717, 1.165) is 32.0 Å². The Balaban J connectivity index is 2.42. The second-order valence-electron chi connectivity index (χ2n) is 3.68. The summed E-state index contributed by atoms with van der Waals surface area (Å²) in [5, 5.41) is 0. The van der Waals surface area contributed by atoms with Crippen molar-refractivity contribution in [2.75, 3.05) is 33.7 Å². The van der Waals surface area contributed by atoms with Crippen LogP contribution in [0.2, 0.25) is 0 Å². The first-order chi connectivity index (χ1) is 7.24. The quantitative estimate of drug-likeness (QED) is 0.695. The van der Waals surface area contributed by atoms with Gasteiger partial charge < -0.3 is 9.80 Å². The van der Waals surface area contributed by atoms with Crippen molar-refractivity contribution in [1.29, 1.82) is 0 Å².